The van der Waals surface area contributed by atoms with Crippen molar-refractivity contribution >= 4 is 0 Å². The first-order valence-electron chi connectivity index (χ1n) is 4.53. The summed E-state index contributed by atoms with van der Waals surface area (Å²) in [6.45, 7) is 3.05. The summed E-state index contributed by atoms with van der Waals surface area (Å²) in [5.74, 6) is 0. The topological polar surface area (TPSA) is 23.5 Å². The third-order valence-corrected chi connectivity index (χ3v) is 2.34. The van der Waals surface area contributed by atoms with Gasteiger partial charge < -0.3 is 5.11 Å². The molecule has 0 aliphatic rings. The lowest BCUT2D eigenvalue weighted by molar-refractivity contribution is 0.189. The zero-order valence-corrected chi connectivity index (χ0v) is 8.20. The van der Waals surface area contributed by atoms with E-state index < -0.39 is 0 Å². The van der Waals surface area contributed by atoms with Crippen LogP contribution in [0.15, 0.2) is 24.3 Å². The lowest BCUT2D eigenvalue weighted by Crippen LogP contribution is -2.25. The van der Waals surface area contributed by atoms with Gasteiger partial charge >= 0.3 is 0 Å². The molecular formula is C11H16NO. The molecule has 0 bridgehead atoms. The SMILES string of the molecule is CC(c1cc[c]cc1)N(C)CCO. The Morgan fingerprint density at radius 1 is 1.46 bits per heavy atom. The number of nitrogens with zero attached hydrogens (tertiary/aromatic N) is 1. The molecule has 1 rings (SSSR count). The highest BCUT2D eigenvalue weighted by Gasteiger charge is 2.09. The third kappa shape index (κ3) is 2.83. The Morgan fingerprint density at radius 2 is 2.08 bits per heavy atom. The van der Waals surface area contributed by atoms with Crippen molar-refractivity contribution in [2.75, 3.05) is 20.2 Å². The number of aliphatic hydroxyl groups excluding tert-OH is 1. The Balaban J connectivity index is 2.62. The molecular weight excluding hydrogens is 162 g/mol. The molecule has 1 aromatic carbocycles. The maximum Gasteiger partial charge on any atom is 0.0558 e. The minimum Gasteiger partial charge on any atom is -0.395 e. The zero-order valence-electron chi connectivity index (χ0n) is 8.20. The van der Waals surface area contributed by atoms with Crippen molar-refractivity contribution in [3.8, 4) is 0 Å². The van der Waals surface area contributed by atoms with Gasteiger partial charge in [0, 0.05) is 12.6 Å². The number of likely N-dealkylation sites (N-methyl/N-ethyl adjacent to an activating group) is 1. The van der Waals surface area contributed by atoms with Gasteiger partial charge in [0.1, 0.15) is 0 Å². The van der Waals surface area contributed by atoms with Crippen LogP contribution in [0.1, 0.15) is 18.5 Å². The maximum absolute atomic E-state index is 8.78. The summed E-state index contributed by atoms with van der Waals surface area (Å²) >= 11 is 0. The second-order valence-electron chi connectivity index (χ2n) is 3.21. The van der Waals surface area contributed by atoms with Crippen LogP contribution < -0.4 is 0 Å². The van der Waals surface area contributed by atoms with E-state index in [0.29, 0.717) is 12.6 Å². The molecule has 1 N–H and O–H groups in total. The van der Waals surface area contributed by atoms with E-state index in [1.165, 1.54) is 5.56 Å². The minimum atomic E-state index is 0.208. The molecule has 0 saturated carbocycles. The summed E-state index contributed by atoms with van der Waals surface area (Å²) in [5, 5.41) is 8.78. The lowest BCUT2D eigenvalue weighted by atomic mass is 10.1. The van der Waals surface area contributed by atoms with E-state index in [4.69, 9.17) is 5.11 Å². The van der Waals surface area contributed by atoms with Gasteiger partial charge in [0.05, 0.1) is 6.61 Å². The van der Waals surface area contributed by atoms with Crippen molar-refractivity contribution in [1.29, 1.82) is 0 Å². The summed E-state index contributed by atoms with van der Waals surface area (Å²) in [7, 11) is 2.01. The van der Waals surface area contributed by atoms with Crippen LogP contribution in [-0.4, -0.2) is 30.2 Å². The molecule has 2 heteroatoms. The van der Waals surface area contributed by atoms with E-state index in [1.807, 2.05) is 19.2 Å². The highest BCUT2D eigenvalue weighted by Crippen LogP contribution is 2.16. The number of benzene rings is 1. The summed E-state index contributed by atoms with van der Waals surface area (Å²) < 4.78 is 0. The quantitative estimate of drug-likeness (QED) is 0.754. The van der Waals surface area contributed by atoms with Gasteiger partial charge in [0.15, 0.2) is 0 Å². The molecule has 13 heavy (non-hydrogen) atoms. The Kier molecular flexibility index (Phi) is 3.93. The van der Waals surface area contributed by atoms with E-state index in [9.17, 15) is 0 Å². The van der Waals surface area contributed by atoms with Gasteiger partial charge in [-0.1, -0.05) is 24.3 Å². The molecule has 0 fully saturated rings. The van der Waals surface area contributed by atoms with Crippen molar-refractivity contribution in [2.24, 2.45) is 0 Å². The smallest absolute Gasteiger partial charge is 0.0558 e. The van der Waals surface area contributed by atoms with Gasteiger partial charge in [-0.2, -0.15) is 0 Å². The molecule has 1 aromatic rings. The first-order chi connectivity index (χ1) is 6.25. The van der Waals surface area contributed by atoms with Crippen molar-refractivity contribution in [3.05, 3.63) is 35.9 Å². The summed E-state index contributed by atoms with van der Waals surface area (Å²) in [5.41, 5.74) is 1.26. The van der Waals surface area contributed by atoms with Crippen LogP contribution in [0.5, 0.6) is 0 Å². The fourth-order valence-electron chi connectivity index (χ4n) is 1.28. The van der Waals surface area contributed by atoms with Crippen LogP contribution in [0.25, 0.3) is 0 Å². The highest BCUT2D eigenvalue weighted by molar-refractivity contribution is 5.17. The first kappa shape index (κ1) is 10.2. The molecule has 0 aliphatic heterocycles. The number of hydrogen-bond acceptors (Lipinski definition) is 2. The van der Waals surface area contributed by atoms with Gasteiger partial charge in [-0.15, -0.1) is 0 Å². The van der Waals surface area contributed by atoms with E-state index in [0.717, 1.165) is 0 Å². The molecule has 0 saturated heterocycles. The van der Waals surface area contributed by atoms with E-state index >= 15 is 0 Å². The maximum atomic E-state index is 8.78. The van der Waals surface area contributed by atoms with E-state index in [1.54, 1.807) is 0 Å². The second-order valence-corrected chi connectivity index (χ2v) is 3.21. The molecule has 0 aliphatic carbocycles. The van der Waals surface area contributed by atoms with Crippen molar-refractivity contribution in [1.82, 2.24) is 4.90 Å². The van der Waals surface area contributed by atoms with Crippen LogP contribution in [0.2, 0.25) is 0 Å². The normalized spacial score (nSPS) is 13.2. The standard InChI is InChI=1S/C11H16NO/c1-10(12(2)8-9-13)11-6-4-3-5-7-11/h4-7,10,13H,8-9H2,1-2H3. The molecule has 0 spiro atoms. The Morgan fingerprint density at radius 3 is 2.62 bits per heavy atom. The minimum absolute atomic E-state index is 0.208. The lowest BCUT2D eigenvalue weighted by Gasteiger charge is -2.23. The highest BCUT2D eigenvalue weighted by atomic mass is 16.3. The van der Waals surface area contributed by atoms with Crippen molar-refractivity contribution in [2.45, 2.75) is 13.0 Å². The average Bonchev–Trinajstić information content (AvgIpc) is 2.18. The summed E-state index contributed by atoms with van der Waals surface area (Å²) in [6, 6.07) is 11.3. The molecule has 0 aromatic heterocycles. The number of aliphatic hydroxyl groups is 1. The summed E-state index contributed by atoms with van der Waals surface area (Å²) in [6.07, 6.45) is 0. The number of rotatable bonds is 4. The van der Waals surface area contributed by atoms with Crippen LogP contribution in [0, 0.1) is 6.07 Å². The van der Waals surface area contributed by atoms with E-state index in [2.05, 4.69) is 30.0 Å². The van der Waals surface area contributed by atoms with Crippen LogP contribution in [0.3, 0.4) is 0 Å². The van der Waals surface area contributed by atoms with Crippen LogP contribution in [-0.2, 0) is 0 Å². The van der Waals surface area contributed by atoms with Gasteiger partial charge in [0.25, 0.3) is 0 Å². The molecule has 2 nitrogen and oxygen atoms in total. The fourth-order valence-corrected chi connectivity index (χ4v) is 1.28. The molecule has 1 unspecified atom stereocenters. The van der Waals surface area contributed by atoms with Crippen molar-refractivity contribution < 1.29 is 5.11 Å². The van der Waals surface area contributed by atoms with Gasteiger partial charge in [0.2, 0.25) is 0 Å². The molecule has 1 atom stereocenters. The predicted molar refractivity (Wildman–Crippen MR) is 53.4 cm³/mol. The molecule has 71 valence electrons. The zero-order chi connectivity index (χ0) is 9.68. The Bertz CT molecular complexity index is 235. The van der Waals surface area contributed by atoms with E-state index in [-0.39, 0.29) is 6.61 Å². The second kappa shape index (κ2) is 5.00. The summed E-state index contributed by atoms with van der Waals surface area (Å²) in [4.78, 5) is 2.12. The van der Waals surface area contributed by atoms with Crippen LogP contribution >= 0.6 is 0 Å². The van der Waals surface area contributed by atoms with Gasteiger partial charge in [-0.05, 0) is 25.6 Å². The first-order valence-corrected chi connectivity index (χ1v) is 4.53. The molecule has 1 radical (unpaired) electrons. The van der Waals surface area contributed by atoms with Gasteiger partial charge in [-0.3, -0.25) is 4.90 Å². The van der Waals surface area contributed by atoms with Gasteiger partial charge in [-0.25, -0.2) is 0 Å². The van der Waals surface area contributed by atoms with Crippen LogP contribution in [0.4, 0.5) is 0 Å². The Hall–Kier alpha value is -0.860. The van der Waals surface area contributed by atoms with Crippen molar-refractivity contribution in [3.63, 3.8) is 0 Å². The Labute approximate surface area is 79.8 Å². The average molecular weight is 178 g/mol. The third-order valence-electron chi connectivity index (χ3n) is 2.34. The number of hydrogen-bond donors (Lipinski definition) is 1. The molecule has 0 amide bonds. The largest absolute Gasteiger partial charge is 0.395 e. The predicted octanol–water partition coefficient (Wildman–Crippen LogP) is 1.47. The molecule has 0 heterocycles. The fraction of sp³-hybridized carbons (Fsp3) is 0.455. The monoisotopic (exact) mass is 178 g/mol.